The Bertz CT molecular complexity index is 831. The second-order valence-corrected chi connectivity index (χ2v) is 6.45. The topological polar surface area (TPSA) is 96.3 Å². The number of nitrogens with two attached hydrogens (primary N) is 1. The highest BCUT2D eigenvalue weighted by molar-refractivity contribution is 14.0. The van der Waals surface area contributed by atoms with Crippen LogP contribution < -0.4 is 20.7 Å². The molecular formula is C20H28IN5O3. The number of methoxy groups -OCH3 is 1. The van der Waals surface area contributed by atoms with Gasteiger partial charge in [-0.25, -0.2) is 4.99 Å². The van der Waals surface area contributed by atoms with Gasteiger partial charge in [0.1, 0.15) is 18.1 Å². The molecule has 0 saturated carbocycles. The van der Waals surface area contributed by atoms with Crippen LogP contribution >= 0.6 is 24.0 Å². The van der Waals surface area contributed by atoms with Gasteiger partial charge in [0.25, 0.3) is 5.91 Å². The molecule has 3 N–H and O–H groups in total. The van der Waals surface area contributed by atoms with Gasteiger partial charge in [-0.2, -0.15) is 0 Å². The maximum Gasteiger partial charge on any atom is 0.284 e. The van der Waals surface area contributed by atoms with Crippen molar-refractivity contribution in [1.82, 2.24) is 10.2 Å². The molecule has 1 saturated heterocycles. The first kappa shape index (κ1) is 22.9. The fraction of sp³-hybridized carbons (Fsp3) is 0.400. The minimum Gasteiger partial charge on any atom is -0.495 e. The van der Waals surface area contributed by atoms with Gasteiger partial charge < -0.3 is 30.0 Å². The van der Waals surface area contributed by atoms with E-state index in [-0.39, 0.29) is 29.7 Å². The number of benzene rings is 1. The molecule has 1 aliphatic rings. The van der Waals surface area contributed by atoms with E-state index in [2.05, 4.69) is 26.2 Å². The highest BCUT2D eigenvalue weighted by Crippen LogP contribution is 2.28. The lowest BCUT2D eigenvalue weighted by Crippen LogP contribution is -2.52. The Kier molecular flexibility index (Phi) is 8.62. The number of hydrogen-bond donors (Lipinski definition) is 2. The van der Waals surface area contributed by atoms with E-state index in [0.29, 0.717) is 12.3 Å². The number of aliphatic imine (C=N–C) groups is 1. The molecule has 1 aliphatic heterocycles. The molecule has 0 aliphatic carbocycles. The van der Waals surface area contributed by atoms with E-state index in [0.717, 1.165) is 50.1 Å². The monoisotopic (exact) mass is 513 g/mol. The Balaban J connectivity index is 0.00000300. The summed E-state index contributed by atoms with van der Waals surface area (Å²) in [6, 6.07) is 11.4. The third-order valence-electron chi connectivity index (χ3n) is 4.63. The van der Waals surface area contributed by atoms with Crippen LogP contribution in [-0.4, -0.2) is 56.6 Å². The first-order valence-corrected chi connectivity index (χ1v) is 9.42. The van der Waals surface area contributed by atoms with Crippen molar-refractivity contribution in [1.29, 1.82) is 0 Å². The highest BCUT2D eigenvalue weighted by Gasteiger charge is 2.21. The van der Waals surface area contributed by atoms with Gasteiger partial charge in [-0.1, -0.05) is 12.1 Å². The second kappa shape index (κ2) is 10.9. The molecular weight excluding hydrogens is 485 g/mol. The quantitative estimate of drug-likeness (QED) is 0.350. The van der Waals surface area contributed by atoms with Gasteiger partial charge in [-0.15, -0.1) is 24.0 Å². The SMILES string of the molecule is CCNC(=NCc1ccc(C(N)=O)o1)N1CCN(c2ccccc2OC)CC1.I. The second-order valence-electron chi connectivity index (χ2n) is 6.45. The molecule has 1 aromatic carbocycles. The summed E-state index contributed by atoms with van der Waals surface area (Å²) in [5.41, 5.74) is 6.34. The van der Waals surface area contributed by atoms with Crippen LogP contribution in [0.4, 0.5) is 5.69 Å². The van der Waals surface area contributed by atoms with Crippen molar-refractivity contribution >= 4 is 41.5 Å². The van der Waals surface area contributed by atoms with Gasteiger partial charge >= 0.3 is 0 Å². The average Bonchev–Trinajstić information content (AvgIpc) is 3.21. The number of rotatable bonds is 6. The highest BCUT2D eigenvalue weighted by atomic mass is 127. The third kappa shape index (κ3) is 5.78. The average molecular weight is 513 g/mol. The zero-order valence-electron chi connectivity index (χ0n) is 16.8. The number of carbonyl (C=O) groups is 1. The smallest absolute Gasteiger partial charge is 0.284 e. The summed E-state index contributed by atoms with van der Waals surface area (Å²) >= 11 is 0. The number of carbonyl (C=O) groups excluding carboxylic acids is 1. The fourth-order valence-corrected chi connectivity index (χ4v) is 3.22. The molecule has 0 spiro atoms. The number of amides is 1. The van der Waals surface area contributed by atoms with Gasteiger partial charge in [-0.05, 0) is 31.2 Å². The first-order chi connectivity index (χ1) is 13.6. The van der Waals surface area contributed by atoms with Crippen molar-refractivity contribution in [3.63, 3.8) is 0 Å². The van der Waals surface area contributed by atoms with Crippen molar-refractivity contribution in [2.24, 2.45) is 10.7 Å². The Morgan fingerprint density at radius 1 is 1.21 bits per heavy atom. The summed E-state index contributed by atoms with van der Waals surface area (Å²) in [5, 5.41) is 3.33. The van der Waals surface area contributed by atoms with Crippen molar-refractivity contribution in [3.05, 3.63) is 47.9 Å². The Morgan fingerprint density at radius 2 is 1.93 bits per heavy atom. The van der Waals surface area contributed by atoms with Crippen LogP contribution in [-0.2, 0) is 6.54 Å². The van der Waals surface area contributed by atoms with Crippen molar-refractivity contribution < 1.29 is 13.9 Å². The number of ether oxygens (including phenoxy) is 1. The maximum absolute atomic E-state index is 11.2. The molecule has 0 atom stereocenters. The lowest BCUT2D eigenvalue weighted by molar-refractivity contribution is 0.0972. The molecule has 1 fully saturated rings. The van der Waals surface area contributed by atoms with Crippen molar-refractivity contribution in [2.45, 2.75) is 13.5 Å². The molecule has 2 aromatic rings. The van der Waals surface area contributed by atoms with E-state index in [4.69, 9.17) is 14.9 Å². The molecule has 29 heavy (non-hydrogen) atoms. The predicted molar refractivity (Wildman–Crippen MR) is 124 cm³/mol. The molecule has 1 aromatic heterocycles. The van der Waals surface area contributed by atoms with Gasteiger partial charge in [0.2, 0.25) is 0 Å². The van der Waals surface area contributed by atoms with Crippen LogP contribution in [0.3, 0.4) is 0 Å². The number of piperazine rings is 1. The van der Waals surface area contributed by atoms with Gasteiger partial charge in [0.15, 0.2) is 11.7 Å². The largest absolute Gasteiger partial charge is 0.495 e. The van der Waals surface area contributed by atoms with Crippen molar-refractivity contribution in [2.75, 3.05) is 44.7 Å². The van der Waals surface area contributed by atoms with E-state index < -0.39 is 5.91 Å². The summed E-state index contributed by atoms with van der Waals surface area (Å²) < 4.78 is 10.9. The van der Waals surface area contributed by atoms with Crippen LogP contribution in [0.25, 0.3) is 0 Å². The van der Waals surface area contributed by atoms with E-state index in [1.54, 1.807) is 19.2 Å². The minimum atomic E-state index is -0.574. The maximum atomic E-state index is 11.2. The Labute approximate surface area is 188 Å². The van der Waals surface area contributed by atoms with Gasteiger partial charge in [0, 0.05) is 32.7 Å². The summed E-state index contributed by atoms with van der Waals surface area (Å²) in [4.78, 5) is 20.4. The zero-order valence-corrected chi connectivity index (χ0v) is 19.1. The number of nitrogens with one attached hydrogen (secondary N) is 1. The summed E-state index contributed by atoms with van der Waals surface area (Å²) in [7, 11) is 1.70. The molecule has 8 nitrogen and oxygen atoms in total. The number of anilines is 1. The number of para-hydroxylation sites is 2. The van der Waals surface area contributed by atoms with Gasteiger partial charge in [-0.3, -0.25) is 4.79 Å². The number of guanidine groups is 1. The minimum absolute atomic E-state index is 0. The van der Waals surface area contributed by atoms with E-state index in [1.165, 1.54) is 0 Å². The number of halogens is 1. The molecule has 2 heterocycles. The summed E-state index contributed by atoms with van der Waals surface area (Å²) in [6.45, 7) is 6.59. The molecule has 0 unspecified atom stereocenters. The molecule has 1 amide bonds. The predicted octanol–water partition coefficient (Wildman–Crippen LogP) is 2.29. The standard InChI is InChI=1S/C20H27N5O3.HI/c1-3-22-20(23-14-15-8-9-18(28-15)19(21)26)25-12-10-24(11-13-25)16-6-4-5-7-17(16)27-2;/h4-9H,3,10-14H2,1-2H3,(H2,21,26)(H,22,23);1H. The molecule has 3 rings (SSSR count). The molecule has 0 radical (unpaired) electrons. The van der Waals surface area contributed by atoms with Crippen LogP contribution in [0.5, 0.6) is 5.75 Å². The summed E-state index contributed by atoms with van der Waals surface area (Å²) in [5.74, 6) is 1.91. The van der Waals surface area contributed by atoms with Crippen LogP contribution in [0, 0.1) is 0 Å². The molecule has 9 heteroatoms. The molecule has 158 valence electrons. The number of nitrogens with zero attached hydrogens (tertiary/aromatic N) is 3. The number of primary amides is 1. The van der Waals surface area contributed by atoms with E-state index in [1.807, 2.05) is 25.1 Å². The normalized spacial score (nSPS) is 14.3. The first-order valence-electron chi connectivity index (χ1n) is 9.42. The van der Waals surface area contributed by atoms with E-state index in [9.17, 15) is 4.79 Å². The summed E-state index contributed by atoms with van der Waals surface area (Å²) in [6.07, 6.45) is 0. The number of hydrogen-bond acceptors (Lipinski definition) is 5. The zero-order chi connectivity index (χ0) is 19.9. The lowest BCUT2D eigenvalue weighted by Gasteiger charge is -2.38. The van der Waals surface area contributed by atoms with Gasteiger partial charge in [0.05, 0.1) is 12.8 Å². The van der Waals surface area contributed by atoms with E-state index >= 15 is 0 Å². The van der Waals surface area contributed by atoms with Crippen LogP contribution in [0.2, 0.25) is 0 Å². The third-order valence-corrected chi connectivity index (χ3v) is 4.63. The Hall–Kier alpha value is -2.43. The van der Waals surface area contributed by atoms with Crippen molar-refractivity contribution in [3.8, 4) is 5.75 Å². The van der Waals surface area contributed by atoms with Crippen LogP contribution in [0.1, 0.15) is 23.2 Å². The fourth-order valence-electron chi connectivity index (χ4n) is 3.22. The lowest BCUT2D eigenvalue weighted by atomic mass is 10.2. The number of furan rings is 1. The molecule has 0 bridgehead atoms. The van der Waals surface area contributed by atoms with Crippen LogP contribution in [0.15, 0.2) is 45.8 Å². The Morgan fingerprint density at radius 3 is 2.55 bits per heavy atom.